The highest BCUT2D eigenvalue weighted by Crippen LogP contribution is 2.01. The van der Waals surface area contributed by atoms with Gasteiger partial charge < -0.3 is 0 Å². The maximum Gasteiger partial charge on any atom is -0.00500 e. The second-order valence-electron chi connectivity index (χ2n) is 2.72. The Morgan fingerprint density at radius 3 is 2.67 bits per heavy atom. The van der Waals surface area contributed by atoms with E-state index in [1.165, 1.54) is 5.56 Å². The topological polar surface area (TPSA) is 0 Å². The summed E-state index contributed by atoms with van der Waals surface area (Å²) in [5.41, 5.74) is 2.30. The quantitative estimate of drug-likeness (QED) is 0.577. The second kappa shape index (κ2) is 4.41. The van der Waals surface area contributed by atoms with Crippen LogP contribution in [0.25, 0.3) is 0 Å². The van der Waals surface area contributed by atoms with Crippen molar-refractivity contribution in [2.75, 3.05) is 0 Å². The van der Waals surface area contributed by atoms with Gasteiger partial charge in [-0.2, -0.15) is 0 Å². The maximum atomic E-state index is 5.22. The Labute approximate surface area is 73.9 Å². The molecule has 0 saturated carbocycles. The van der Waals surface area contributed by atoms with Crippen molar-refractivity contribution in [3.05, 3.63) is 47.5 Å². The molecular weight excluding hydrogens is 144 g/mol. The number of rotatable bonds is 2. The molecule has 0 aliphatic rings. The molecule has 12 heavy (non-hydrogen) atoms. The first-order chi connectivity index (χ1) is 5.83. The highest BCUT2D eigenvalue weighted by Gasteiger charge is 1.86. The Morgan fingerprint density at radius 1 is 1.42 bits per heavy atom. The lowest BCUT2D eigenvalue weighted by atomic mass is 10.1. The number of allylic oxidation sites excluding steroid dienone is 2. The number of hydrogen-bond donors (Lipinski definition) is 0. The monoisotopic (exact) mass is 156 g/mol. The van der Waals surface area contributed by atoms with Gasteiger partial charge >= 0.3 is 0 Å². The molecule has 0 nitrogen and oxygen atoms in total. The molecule has 0 heteroatoms. The van der Waals surface area contributed by atoms with Gasteiger partial charge in [-0.3, -0.25) is 0 Å². The Morgan fingerprint density at radius 2 is 2.08 bits per heavy atom. The van der Waals surface area contributed by atoms with Crippen LogP contribution < -0.4 is 0 Å². The van der Waals surface area contributed by atoms with E-state index in [1.807, 2.05) is 25.1 Å². The minimum Gasteiger partial charge on any atom is -0.115 e. The fraction of sp³-hybridized carbons (Fsp3) is 0.167. The third kappa shape index (κ3) is 2.64. The molecule has 1 aromatic carbocycles. The van der Waals surface area contributed by atoms with Crippen molar-refractivity contribution < 1.29 is 0 Å². The van der Waals surface area contributed by atoms with E-state index in [1.54, 1.807) is 0 Å². The van der Waals surface area contributed by atoms with Gasteiger partial charge in [-0.15, -0.1) is 6.42 Å². The molecule has 0 bridgehead atoms. The van der Waals surface area contributed by atoms with Gasteiger partial charge in [0.25, 0.3) is 0 Å². The normalized spacial score (nSPS) is 10.8. The molecule has 1 aromatic rings. The predicted octanol–water partition coefficient (Wildman–Crippen LogP) is 2.81. The zero-order valence-electron chi connectivity index (χ0n) is 7.25. The van der Waals surface area contributed by atoms with E-state index in [9.17, 15) is 0 Å². The van der Waals surface area contributed by atoms with Crippen molar-refractivity contribution in [3.8, 4) is 12.3 Å². The molecule has 1 rings (SSSR count). The van der Waals surface area contributed by atoms with Crippen LogP contribution in [0, 0.1) is 12.3 Å². The minimum absolute atomic E-state index is 0.927. The molecular formula is C12H12. The summed E-state index contributed by atoms with van der Waals surface area (Å²) in [6, 6.07) is 10.3. The van der Waals surface area contributed by atoms with Crippen molar-refractivity contribution in [2.45, 2.75) is 13.3 Å². The van der Waals surface area contributed by atoms with Crippen molar-refractivity contribution in [1.29, 1.82) is 0 Å². The standard InChI is InChI=1S/C12H12/c1-3-11(2)9-10-12-7-5-4-6-8-12/h1,4-9H,10H2,2H3/b11-9+. The minimum atomic E-state index is 0.927. The molecule has 0 saturated heterocycles. The van der Waals surface area contributed by atoms with Crippen LogP contribution in [0.15, 0.2) is 42.0 Å². The Kier molecular flexibility index (Phi) is 3.17. The summed E-state index contributed by atoms with van der Waals surface area (Å²) in [7, 11) is 0. The van der Waals surface area contributed by atoms with Crippen molar-refractivity contribution in [1.82, 2.24) is 0 Å². The van der Waals surface area contributed by atoms with E-state index < -0.39 is 0 Å². The molecule has 0 aliphatic carbocycles. The molecule has 0 atom stereocenters. The van der Waals surface area contributed by atoms with Crippen LogP contribution in [0.1, 0.15) is 12.5 Å². The first kappa shape index (κ1) is 8.62. The Hall–Kier alpha value is -1.48. The SMILES string of the molecule is C#C/C(C)=C/Cc1ccccc1. The Bertz CT molecular complexity index is 299. The summed E-state index contributed by atoms with van der Waals surface area (Å²) >= 11 is 0. The highest BCUT2D eigenvalue weighted by atomic mass is 13.9. The van der Waals surface area contributed by atoms with Crippen LogP contribution in [0.3, 0.4) is 0 Å². The first-order valence-electron chi connectivity index (χ1n) is 4.00. The maximum absolute atomic E-state index is 5.22. The van der Waals surface area contributed by atoms with E-state index >= 15 is 0 Å². The van der Waals surface area contributed by atoms with Gasteiger partial charge in [-0.1, -0.05) is 42.3 Å². The van der Waals surface area contributed by atoms with Gasteiger partial charge in [0.1, 0.15) is 0 Å². The van der Waals surface area contributed by atoms with E-state index in [0.717, 1.165) is 12.0 Å². The third-order valence-corrected chi connectivity index (χ3v) is 1.71. The second-order valence-corrected chi connectivity index (χ2v) is 2.72. The highest BCUT2D eigenvalue weighted by molar-refractivity contribution is 5.26. The molecule has 0 fully saturated rings. The molecule has 0 spiro atoms. The number of terminal acetylenes is 1. The molecule has 0 unspecified atom stereocenters. The predicted molar refractivity (Wildman–Crippen MR) is 52.7 cm³/mol. The van der Waals surface area contributed by atoms with Gasteiger partial charge in [-0.25, -0.2) is 0 Å². The van der Waals surface area contributed by atoms with Crippen LogP contribution in [0.4, 0.5) is 0 Å². The fourth-order valence-corrected chi connectivity index (χ4v) is 0.944. The molecule has 0 radical (unpaired) electrons. The Balaban J connectivity index is 2.61. The first-order valence-corrected chi connectivity index (χ1v) is 4.00. The zero-order chi connectivity index (χ0) is 8.81. The molecule has 60 valence electrons. The van der Waals surface area contributed by atoms with Gasteiger partial charge in [0.05, 0.1) is 0 Å². The van der Waals surface area contributed by atoms with Gasteiger partial charge in [-0.05, 0) is 24.5 Å². The molecule has 0 heterocycles. The summed E-state index contributed by atoms with van der Waals surface area (Å²) < 4.78 is 0. The average Bonchev–Trinajstić information content (AvgIpc) is 2.16. The van der Waals surface area contributed by atoms with Crippen molar-refractivity contribution >= 4 is 0 Å². The number of hydrogen-bond acceptors (Lipinski definition) is 0. The lowest BCUT2D eigenvalue weighted by Gasteiger charge is -1.94. The molecule has 0 amide bonds. The molecule has 0 aromatic heterocycles. The summed E-state index contributed by atoms with van der Waals surface area (Å²) in [5, 5.41) is 0. The number of benzene rings is 1. The third-order valence-electron chi connectivity index (χ3n) is 1.71. The van der Waals surface area contributed by atoms with Gasteiger partial charge in [0.15, 0.2) is 0 Å². The van der Waals surface area contributed by atoms with Crippen molar-refractivity contribution in [3.63, 3.8) is 0 Å². The zero-order valence-corrected chi connectivity index (χ0v) is 7.25. The smallest absolute Gasteiger partial charge is 0.00500 e. The van der Waals surface area contributed by atoms with E-state index in [2.05, 4.69) is 24.1 Å². The van der Waals surface area contributed by atoms with Gasteiger partial charge in [0, 0.05) is 0 Å². The van der Waals surface area contributed by atoms with Crippen LogP contribution in [-0.2, 0) is 6.42 Å². The van der Waals surface area contributed by atoms with Gasteiger partial charge in [0.2, 0.25) is 0 Å². The average molecular weight is 156 g/mol. The summed E-state index contributed by atoms with van der Waals surface area (Å²) in [5.74, 6) is 2.60. The summed E-state index contributed by atoms with van der Waals surface area (Å²) in [4.78, 5) is 0. The molecule has 0 N–H and O–H groups in total. The van der Waals surface area contributed by atoms with E-state index in [4.69, 9.17) is 6.42 Å². The lowest BCUT2D eigenvalue weighted by molar-refractivity contribution is 1.25. The summed E-state index contributed by atoms with van der Waals surface area (Å²) in [6.45, 7) is 1.95. The van der Waals surface area contributed by atoms with E-state index in [-0.39, 0.29) is 0 Å². The van der Waals surface area contributed by atoms with Crippen LogP contribution in [0.2, 0.25) is 0 Å². The van der Waals surface area contributed by atoms with E-state index in [0.29, 0.717) is 0 Å². The van der Waals surface area contributed by atoms with Crippen LogP contribution >= 0.6 is 0 Å². The van der Waals surface area contributed by atoms with Crippen LogP contribution in [-0.4, -0.2) is 0 Å². The summed E-state index contributed by atoms with van der Waals surface area (Å²) in [6.07, 6.45) is 8.21. The fourth-order valence-electron chi connectivity index (χ4n) is 0.944. The largest absolute Gasteiger partial charge is 0.115 e. The van der Waals surface area contributed by atoms with Crippen molar-refractivity contribution in [2.24, 2.45) is 0 Å². The molecule has 0 aliphatic heterocycles. The lowest BCUT2D eigenvalue weighted by Crippen LogP contribution is -1.80. The van der Waals surface area contributed by atoms with Crippen LogP contribution in [0.5, 0.6) is 0 Å².